The van der Waals surface area contributed by atoms with Gasteiger partial charge < -0.3 is 10.7 Å². The van der Waals surface area contributed by atoms with Crippen molar-refractivity contribution < 1.29 is 0 Å². The topological polar surface area (TPSA) is 75.9 Å². The first kappa shape index (κ1) is 13.1. The van der Waals surface area contributed by atoms with Crippen molar-refractivity contribution >= 4 is 11.6 Å². The molecule has 2 atom stereocenters. The summed E-state index contributed by atoms with van der Waals surface area (Å²) in [5, 5.41) is 3.58. The predicted octanol–water partition coefficient (Wildman–Crippen LogP) is 2.45. The lowest BCUT2D eigenvalue weighted by atomic mass is 9.83. The summed E-state index contributed by atoms with van der Waals surface area (Å²) in [5.41, 5.74) is 3.59. The Balaban J connectivity index is 2.12. The minimum absolute atomic E-state index is 0.531. The zero-order chi connectivity index (χ0) is 13.0. The van der Waals surface area contributed by atoms with Crippen molar-refractivity contribution in [2.75, 3.05) is 10.7 Å². The first-order valence-corrected chi connectivity index (χ1v) is 6.81. The highest BCUT2D eigenvalue weighted by Gasteiger charge is 2.24. The second-order valence-electron chi connectivity index (χ2n) is 5.04. The second kappa shape index (κ2) is 6.00. The van der Waals surface area contributed by atoms with Gasteiger partial charge in [-0.05, 0) is 25.7 Å². The Kier molecular flexibility index (Phi) is 4.36. The summed E-state index contributed by atoms with van der Waals surface area (Å²) in [6, 6.07) is 0.531. The van der Waals surface area contributed by atoms with Crippen LogP contribution in [0.5, 0.6) is 0 Å². The smallest absolute Gasteiger partial charge is 0.148 e. The third-order valence-corrected chi connectivity index (χ3v) is 3.98. The zero-order valence-electron chi connectivity index (χ0n) is 11.2. The molecule has 0 saturated heterocycles. The summed E-state index contributed by atoms with van der Waals surface area (Å²) in [6.45, 7) is 4.26. The van der Waals surface area contributed by atoms with Crippen molar-refractivity contribution in [2.45, 2.75) is 52.0 Å². The quantitative estimate of drug-likeness (QED) is 0.564. The van der Waals surface area contributed by atoms with Gasteiger partial charge in [-0.1, -0.05) is 26.2 Å². The van der Waals surface area contributed by atoms with Crippen LogP contribution in [0.1, 0.15) is 44.6 Å². The number of nitrogens with two attached hydrogens (primary N) is 1. The first-order chi connectivity index (χ1) is 8.76. The van der Waals surface area contributed by atoms with Crippen LogP contribution in [-0.2, 0) is 0 Å². The fraction of sp³-hybridized carbons (Fsp3) is 0.692. The second-order valence-corrected chi connectivity index (χ2v) is 5.04. The van der Waals surface area contributed by atoms with Crippen LogP contribution in [0.2, 0.25) is 0 Å². The van der Waals surface area contributed by atoms with Crippen LogP contribution in [0.3, 0.4) is 0 Å². The number of hydrogen-bond acceptors (Lipinski definition) is 5. The van der Waals surface area contributed by atoms with Crippen LogP contribution < -0.4 is 16.6 Å². The lowest BCUT2D eigenvalue weighted by Crippen LogP contribution is -2.32. The average molecular weight is 249 g/mol. The van der Waals surface area contributed by atoms with E-state index in [1.54, 1.807) is 6.33 Å². The maximum atomic E-state index is 5.44. The largest absolute Gasteiger partial charge is 0.367 e. The highest BCUT2D eigenvalue weighted by Crippen LogP contribution is 2.30. The molecule has 0 radical (unpaired) electrons. The molecule has 0 spiro atoms. The van der Waals surface area contributed by atoms with Gasteiger partial charge in [0.2, 0.25) is 0 Å². The summed E-state index contributed by atoms with van der Waals surface area (Å²) < 4.78 is 0. The first-order valence-electron chi connectivity index (χ1n) is 6.81. The lowest BCUT2D eigenvalue weighted by molar-refractivity contribution is 0.316. The molecule has 0 aromatic carbocycles. The molecule has 0 bridgehead atoms. The molecule has 1 aliphatic carbocycles. The zero-order valence-corrected chi connectivity index (χ0v) is 11.2. The lowest BCUT2D eigenvalue weighted by Gasteiger charge is -2.32. The van der Waals surface area contributed by atoms with E-state index in [1.165, 1.54) is 32.1 Å². The molecule has 5 heteroatoms. The molecule has 2 unspecified atom stereocenters. The van der Waals surface area contributed by atoms with E-state index in [4.69, 9.17) is 5.84 Å². The van der Waals surface area contributed by atoms with Gasteiger partial charge in [0.05, 0.1) is 0 Å². The Labute approximate surface area is 109 Å². The van der Waals surface area contributed by atoms with E-state index >= 15 is 0 Å². The molecule has 1 aliphatic rings. The minimum atomic E-state index is 0.531. The molecule has 100 valence electrons. The molecule has 1 aromatic rings. The number of nitrogens with zero attached hydrogens (tertiary/aromatic N) is 2. The monoisotopic (exact) mass is 249 g/mol. The number of nitrogens with one attached hydrogen (secondary N) is 2. The van der Waals surface area contributed by atoms with E-state index in [-0.39, 0.29) is 0 Å². The van der Waals surface area contributed by atoms with Crippen molar-refractivity contribution in [3.63, 3.8) is 0 Å². The molecule has 0 amide bonds. The predicted molar refractivity (Wildman–Crippen MR) is 74.2 cm³/mol. The summed E-state index contributed by atoms with van der Waals surface area (Å²) in [5.74, 6) is 7.79. The van der Waals surface area contributed by atoms with Crippen molar-refractivity contribution in [1.82, 2.24) is 9.97 Å². The van der Waals surface area contributed by atoms with Crippen LogP contribution in [0.4, 0.5) is 11.6 Å². The Hall–Kier alpha value is -1.36. The Morgan fingerprint density at radius 1 is 1.28 bits per heavy atom. The Morgan fingerprint density at radius 3 is 2.72 bits per heavy atom. The van der Waals surface area contributed by atoms with Gasteiger partial charge in [0.15, 0.2) is 0 Å². The summed E-state index contributed by atoms with van der Waals surface area (Å²) in [7, 11) is 0. The van der Waals surface area contributed by atoms with Gasteiger partial charge in [-0.3, -0.25) is 0 Å². The van der Waals surface area contributed by atoms with Crippen LogP contribution in [0.15, 0.2) is 6.33 Å². The van der Waals surface area contributed by atoms with Crippen molar-refractivity contribution in [1.29, 1.82) is 0 Å². The molecule has 1 fully saturated rings. The van der Waals surface area contributed by atoms with Crippen molar-refractivity contribution in [3.05, 3.63) is 11.9 Å². The molecule has 0 aliphatic heterocycles. The molecular formula is C13H23N5. The van der Waals surface area contributed by atoms with E-state index < -0.39 is 0 Å². The number of nitrogen functional groups attached to an aromatic ring is 1. The standard InChI is InChI=1S/C13H23N5/c1-3-10-6-4-5-7-11(10)17-12-9(2)13(18-14)16-8-15-12/h8,10-11H,3-7,14H2,1-2H3,(H2,15,16,17,18). The van der Waals surface area contributed by atoms with Crippen molar-refractivity contribution in [3.8, 4) is 0 Å². The summed E-state index contributed by atoms with van der Waals surface area (Å²) >= 11 is 0. The van der Waals surface area contributed by atoms with Crippen LogP contribution in [0.25, 0.3) is 0 Å². The van der Waals surface area contributed by atoms with Gasteiger partial charge in [0, 0.05) is 11.6 Å². The van der Waals surface area contributed by atoms with Crippen LogP contribution in [-0.4, -0.2) is 16.0 Å². The van der Waals surface area contributed by atoms with Gasteiger partial charge in [0.25, 0.3) is 0 Å². The van der Waals surface area contributed by atoms with E-state index in [1.807, 2.05) is 6.92 Å². The Morgan fingerprint density at radius 2 is 2.00 bits per heavy atom. The fourth-order valence-electron chi connectivity index (χ4n) is 2.80. The number of aromatic nitrogens is 2. The van der Waals surface area contributed by atoms with Gasteiger partial charge >= 0.3 is 0 Å². The van der Waals surface area contributed by atoms with E-state index in [0.29, 0.717) is 11.9 Å². The third-order valence-electron chi connectivity index (χ3n) is 3.98. The van der Waals surface area contributed by atoms with Crippen molar-refractivity contribution in [2.24, 2.45) is 11.8 Å². The molecular weight excluding hydrogens is 226 g/mol. The van der Waals surface area contributed by atoms with Crippen LogP contribution >= 0.6 is 0 Å². The molecule has 2 rings (SSSR count). The number of anilines is 2. The van der Waals surface area contributed by atoms with E-state index in [0.717, 1.165) is 17.3 Å². The minimum Gasteiger partial charge on any atom is -0.367 e. The maximum absolute atomic E-state index is 5.44. The number of hydrazine groups is 1. The number of hydrogen-bond donors (Lipinski definition) is 3. The molecule has 5 nitrogen and oxygen atoms in total. The molecule has 1 aromatic heterocycles. The summed E-state index contributed by atoms with van der Waals surface area (Å²) in [6.07, 6.45) is 7.99. The van der Waals surface area contributed by atoms with Crippen LogP contribution in [0, 0.1) is 12.8 Å². The molecule has 4 N–H and O–H groups in total. The van der Waals surface area contributed by atoms with Gasteiger partial charge in [-0.15, -0.1) is 0 Å². The van der Waals surface area contributed by atoms with Gasteiger partial charge in [-0.2, -0.15) is 0 Å². The highest BCUT2D eigenvalue weighted by atomic mass is 15.3. The van der Waals surface area contributed by atoms with E-state index in [2.05, 4.69) is 27.6 Å². The Bertz CT molecular complexity index is 393. The van der Waals surface area contributed by atoms with E-state index in [9.17, 15) is 0 Å². The SMILES string of the molecule is CCC1CCCCC1Nc1ncnc(NN)c1C. The average Bonchev–Trinajstić information content (AvgIpc) is 2.42. The highest BCUT2D eigenvalue weighted by molar-refractivity contribution is 5.56. The third kappa shape index (κ3) is 2.72. The normalized spacial score (nSPS) is 23.7. The maximum Gasteiger partial charge on any atom is 0.148 e. The fourth-order valence-corrected chi connectivity index (χ4v) is 2.80. The summed E-state index contributed by atoms with van der Waals surface area (Å²) in [4.78, 5) is 8.43. The molecule has 1 saturated carbocycles. The molecule has 18 heavy (non-hydrogen) atoms. The van der Waals surface area contributed by atoms with Gasteiger partial charge in [0.1, 0.15) is 18.0 Å². The van der Waals surface area contributed by atoms with Gasteiger partial charge in [-0.25, -0.2) is 15.8 Å². The number of rotatable bonds is 4. The molecule has 1 heterocycles.